The fourth-order valence-electron chi connectivity index (χ4n) is 2.56. The predicted molar refractivity (Wildman–Crippen MR) is 92.8 cm³/mol. The Morgan fingerprint density at radius 2 is 2.00 bits per heavy atom. The van der Waals surface area contributed by atoms with Crippen molar-refractivity contribution in [2.45, 2.75) is 13.0 Å². The number of hydrogen-bond donors (Lipinski definition) is 1. The Balaban J connectivity index is 1.60. The molecule has 0 unspecified atom stereocenters. The fraction of sp³-hybridized carbons (Fsp3) is 0.316. The average Bonchev–Trinajstić information content (AvgIpc) is 2.66. The number of hydrogen-bond acceptors (Lipinski definition) is 5. The van der Waals surface area contributed by atoms with Gasteiger partial charge in [-0.2, -0.15) is 0 Å². The summed E-state index contributed by atoms with van der Waals surface area (Å²) >= 11 is 0. The topological polar surface area (TPSA) is 66.0 Å². The van der Waals surface area contributed by atoms with E-state index in [4.69, 9.17) is 18.9 Å². The monoisotopic (exact) mass is 343 g/mol. The summed E-state index contributed by atoms with van der Waals surface area (Å²) in [5.74, 6) is 2.35. The second-order valence-electron chi connectivity index (χ2n) is 5.51. The fourth-order valence-corrected chi connectivity index (χ4v) is 2.56. The minimum Gasteiger partial charge on any atom is -0.493 e. The molecule has 0 saturated heterocycles. The van der Waals surface area contributed by atoms with Crippen LogP contribution < -0.4 is 24.3 Å². The van der Waals surface area contributed by atoms with Crippen LogP contribution in [0.4, 0.5) is 0 Å². The minimum atomic E-state index is -0.233. The zero-order chi connectivity index (χ0) is 17.6. The van der Waals surface area contributed by atoms with Crippen LogP contribution in [0.5, 0.6) is 23.0 Å². The smallest absolute Gasteiger partial charge is 0.251 e. The highest BCUT2D eigenvalue weighted by Gasteiger charge is 2.21. The molecule has 2 aromatic carbocycles. The first-order valence-corrected chi connectivity index (χ1v) is 8.18. The summed E-state index contributed by atoms with van der Waals surface area (Å²) in [7, 11) is 1.55. The SMILES string of the molecule is CCOc1ccc(C(=O)NC[C@H]2COc3ccccc3O2)cc1OC. The summed E-state index contributed by atoms with van der Waals surface area (Å²) in [6.07, 6.45) is -0.233. The molecule has 0 fully saturated rings. The molecule has 132 valence electrons. The van der Waals surface area contributed by atoms with Gasteiger partial charge >= 0.3 is 0 Å². The number of ether oxygens (including phenoxy) is 4. The zero-order valence-electron chi connectivity index (χ0n) is 14.3. The Hall–Kier alpha value is -2.89. The van der Waals surface area contributed by atoms with E-state index < -0.39 is 0 Å². The van der Waals surface area contributed by atoms with Crippen molar-refractivity contribution >= 4 is 5.91 Å². The highest BCUT2D eigenvalue weighted by atomic mass is 16.6. The second kappa shape index (κ2) is 7.79. The van der Waals surface area contributed by atoms with Gasteiger partial charge in [-0.05, 0) is 37.3 Å². The molecule has 0 aromatic heterocycles. The molecule has 1 heterocycles. The van der Waals surface area contributed by atoms with Gasteiger partial charge in [-0.1, -0.05) is 12.1 Å². The van der Waals surface area contributed by atoms with Gasteiger partial charge in [-0.15, -0.1) is 0 Å². The van der Waals surface area contributed by atoms with Crippen LogP contribution in [-0.4, -0.2) is 38.9 Å². The standard InChI is InChI=1S/C19H21NO5/c1-3-23-16-9-8-13(10-18(16)22-2)19(21)20-11-14-12-24-15-6-4-5-7-17(15)25-14/h4-10,14H,3,11-12H2,1-2H3,(H,20,21)/t14-/m0/s1. The molecular weight excluding hydrogens is 322 g/mol. The van der Waals surface area contributed by atoms with Gasteiger partial charge in [0.05, 0.1) is 20.3 Å². The van der Waals surface area contributed by atoms with Crippen molar-refractivity contribution in [2.75, 3.05) is 26.9 Å². The summed E-state index contributed by atoms with van der Waals surface area (Å²) in [5.41, 5.74) is 0.498. The van der Waals surface area contributed by atoms with Gasteiger partial charge in [0.1, 0.15) is 12.7 Å². The highest BCUT2D eigenvalue weighted by molar-refractivity contribution is 5.94. The lowest BCUT2D eigenvalue weighted by molar-refractivity contribution is 0.0789. The van der Waals surface area contributed by atoms with Crippen LogP contribution in [0.25, 0.3) is 0 Å². The molecule has 1 N–H and O–H groups in total. The number of carbonyl (C=O) groups is 1. The van der Waals surface area contributed by atoms with Gasteiger partial charge in [0.2, 0.25) is 0 Å². The maximum Gasteiger partial charge on any atom is 0.251 e. The van der Waals surface area contributed by atoms with Crippen LogP contribution in [0, 0.1) is 0 Å². The van der Waals surface area contributed by atoms with E-state index >= 15 is 0 Å². The number of nitrogens with one attached hydrogen (secondary N) is 1. The first-order valence-electron chi connectivity index (χ1n) is 8.18. The lowest BCUT2D eigenvalue weighted by Gasteiger charge is -2.26. The third-order valence-corrected chi connectivity index (χ3v) is 3.78. The van der Waals surface area contributed by atoms with Crippen molar-refractivity contribution < 1.29 is 23.7 Å². The molecule has 0 aliphatic carbocycles. The van der Waals surface area contributed by atoms with Crippen molar-refractivity contribution in [1.29, 1.82) is 0 Å². The third kappa shape index (κ3) is 3.96. The molecule has 1 aliphatic rings. The van der Waals surface area contributed by atoms with Crippen LogP contribution >= 0.6 is 0 Å². The Kier molecular flexibility index (Phi) is 5.28. The lowest BCUT2D eigenvalue weighted by atomic mass is 10.2. The van der Waals surface area contributed by atoms with E-state index in [1.165, 1.54) is 0 Å². The van der Waals surface area contributed by atoms with E-state index in [9.17, 15) is 4.79 Å². The Bertz CT molecular complexity index is 746. The van der Waals surface area contributed by atoms with Crippen molar-refractivity contribution in [1.82, 2.24) is 5.32 Å². The van der Waals surface area contributed by atoms with Gasteiger partial charge in [-0.3, -0.25) is 4.79 Å². The number of benzene rings is 2. The van der Waals surface area contributed by atoms with Crippen LogP contribution in [0.1, 0.15) is 17.3 Å². The number of para-hydroxylation sites is 2. The Morgan fingerprint density at radius 1 is 1.20 bits per heavy atom. The molecule has 6 nitrogen and oxygen atoms in total. The number of methoxy groups -OCH3 is 1. The first kappa shape index (κ1) is 17.0. The maximum atomic E-state index is 12.4. The molecule has 2 aromatic rings. The van der Waals surface area contributed by atoms with E-state index in [0.29, 0.717) is 42.6 Å². The molecule has 6 heteroatoms. The minimum absolute atomic E-state index is 0.205. The van der Waals surface area contributed by atoms with Crippen LogP contribution in [-0.2, 0) is 0 Å². The van der Waals surface area contributed by atoms with E-state index in [1.54, 1.807) is 25.3 Å². The molecular formula is C19H21NO5. The summed E-state index contributed by atoms with van der Waals surface area (Å²) in [4.78, 5) is 12.4. The van der Waals surface area contributed by atoms with Crippen LogP contribution in [0.3, 0.4) is 0 Å². The van der Waals surface area contributed by atoms with Crippen LogP contribution in [0.15, 0.2) is 42.5 Å². The number of amides is 1. The lowest BCUT2D eigenvalue weighted by Crippen LogP contribution is -2.40. The normalized spacial score (nSPS) is 15.4. The van der Waals surface area contributed by atoms with Crippen molar-refractivity contribution in [3.8, 4) is 23.0 Å². The number of carbonyl (C=O) groups excluding carboxylic acids is 1. The van der Waals surface area contributed by atoms with E-state index in [-0.39, 0.29) is 12.0 Å². The Labute approximate surface area is 146 Å². The summed E-state index contributed by atoms with van der Waals surface area (Å²) in [6, 6.07) is 12.6. The predicted octanol–water partition coefficient (Wildman–Crippen LogP) is 2.66. The van der Waals surface area contributed by atoms with Crippen molar-refractivity contribution in [3.05, 3.63) is 48.0 Å². The Morgan fingerprint density at radius 3 is 2.76 bits per heavy atom. The molecule has 0 saturated carbocycles. The maximum absolute atomic E-state index is 12.4. The number of fused-ring (bicyclic) bond motifs is 1. The first-order chi connectivity index (χ1) is 12.2. The summed E-state index contributed by atoms with van der Waals surface area (Å²) in [5, 5.41) is 2.86. The average molecular weight is 343 g/mol. The molecule has 1 amide bonds. The van der Waals surface area contributed by atoms with Crippen molar-refractivity contribution in [3.63, 3.8) is 0 Å². The van der Waals surface area contributed by atoms with Gasteiger partial charge in [0, 0.05) is 5.56 Å². The molecule has 0 spiro atoms. The zero-order valence-corrected chi connectivity index (χ0v) is 14.3. The molecule has 3 rings (SSSR count). The summed E-state index contributed by atoms with van der Waals surface area (Å²) in [6.45, 7) is 3.17. The quantitative estimate of drug-likeness (QED) is 0.873. The second-order valence-corrected chi connectivity index (χ2v) is 5.51. The third-order valence-electron chi connectivity index (χ3n) is 3.78. The molecule has 1 atom stereocenters. The van der Waals surface area contributed by atoms with E-state index in [0.717, 1.165) is 5.75 Å². The molecule has 0 radical (unpaired) electrons. The van der Waals surface area contributed by atoms with Gasteiger partial charge in [-0.25, -0.2) is 0 Å². The van der Waals surface area contributed by atoms with Gasteiger partial charge < -0.3 is 24.3 Å². The highest BCUT2D eigenvalue weighted by Crippen LogP contribution is 2.31. The van der Waals surface area contributed by atoms with Gasteiger partial charge in [0.25, 0.3) is 5.91 Å². The van der Waals surface area contributed by atoms with E-state index in [1.807, 2.05) is 31.2 Å². The van der Waals surface area contributed by atoms with Crippen molar-refractivity contribution in [2.24, 2.45) is 0 Å². The molecule has 25 heavy (non-hydrogen) atoms. The van der Waals surface area contributed by atoms with Crippen LogP contribution in [0.2, 0.25) is 0 Å². The van der Waals surface area contributed by atoms with Gasteiger partial charge in [0.15, 0.2) is 23.0 Å². The molecule has 1 aliphatic heterocycles. The molecule has 0 bridgehead atoms. The number of rotatable bonds is 6. The van der Waals surface area contributed by atoms with E-state index in [2.05, 4.69) is 5.32 Å². The summed E-state index contributed by atoms with van der Waals surface area (Å²) < 4.78 is 22.2. The largest absolute Gasteiger partial charge is 0.493 e.